The van der Waals surface area contributed by atoms with Gasteiger partial charge in [0.25, 0.3) is 0 Å². The third-order valence-corrected chi connectivity index (χ3v) is 5.18. The van der Waals surface area contributed by atoms with E-state index in [9.17, 15) is 0 Å². The number of benzene rings is 1. The molecule has 0 amide bonds. The highest BCUT2D eigenvalue weighted by atomic mass is 79.9. The molecular formula is C19H17Br2ClN4O. The zero-order valence-electron chi connectivity index (χ0n) is 15.0. The van der Waals surface area contributed by atoms with Crippen LogP contribution in [-0.2, 0) is 0 Å². The SMILES string of the molecule is CCN(C)C=Nc1cc(Br)c(Oc2cc(Cl)c3ncc(Br)cc3c2)nc1C. The van der Waals surface area contributed by atoms with E-state index in [1.54, 1.807) is 18.6 Å². The van der Waals surface area contributed by atoms with Gasteiger partial charge in [-0.05, 0) is 63.9 Å². The van der Waals surface area contributed by atoms with Gasteiger partial charge in [-0.25, -0.2) is 9.98 Å². The first kappa shape index (κ1) is 20.0. The summed E-state index contributed by atoms with van der Waals surface area (Å²) in [5.41, 5.74) is 2.27. The number of hydrogen-bond acceptors (Lipinski definition) is 4. The van der Waals surface area contributed by atoms with Crippen LogP contribution in [0.25, 0.3) is 10.9 Å². The number of ether oxygens (including phenoxy) is 1. The molecule has 2 aromatic heterocycles. The van der Waals surface area contributed by atoms with Crippen molar-refractivity contribution in [2.75, 3.05) is 13.6 Å². The normalized spacial score (nSPS) is 11.3. The van der Waals surface area contributed by atoms with Crippen LogP contribution in [0.3, 0.4) is 0 Å². The van der Waals surface area contributed by atoms with Gasteiger partial charge in [-0.2, -0.15) is 0 Å². The molecule has 0 saturated heterocycles. The molecule has 3 aromatic rings. The van der Waals surface area contributed by atoms with E-state index < -0.39 is 0 Å². The zero-order chi connectivity index (χ0) is 19.6. The van der Waals surface area contributed by atoms with E-state index >= 15 is 0 Å². The first-order valence-corrected chi connectivity index (χ1v) is 10.2. The standard InChI is InChI=1S/C19H17Br2ClN4O/c1-4-26(3)10-24-17-8-15(21)19(25-11(17)2)27-14-6-12-5-13(20)9-23-18(12)16(22)7-14/h5-10H,4H2,1-3H3. The third-order valence-electron chi connectivity index (χ3n) is 3.89. The third kappa shape index (κ3) is 4.78. The van der Waals surface area contributed by atoms with Gasteiger partial charge in [0, 0.05) is 35.7 Å². The molecule has 0 bridgehead atoms. The molecule has 5 nitrogen and oxygen atoms in total. The van der Waals surface area contributed by atoms with Crippen LogP contribution in [0.4, 0.5) is 5.69 Å². The summed E-state index contributed by atoms with van der Waals surface area (Å²) in [6, 6.07) is 7.44. The lowest BCUT2D eigenvalue weighted by Crippen LogP contribution is -2.14. The monoisotopic (exact) mass is 510 g/mol. The summed E-state index contributed by atoms with van der Waals surface area (Å²) in [5, 5.41) is 1.40. The highest BCUT2D eigenvalue weighted by Gasteiger charge is 2.12. The van der Waals surface area contributed by atoms with Gasteiger partial charge in [0.1, 0.15) is 5.75 Å². The summed E-state index contributed by atoms with van der Waals surface area (Å²) >= 11 is 13.3. The van der Waals surface area contributed by atoms with E-state index in [1.165, 1.54) is 0 Å². The molecule has 140 valence electrons. The van der Waals surface area contributed by atoms with E-state index in [4.69, 9.17) is 16.3 Å². The van der Waals surface area contributed by atoms with Crippen LogP contribution in [0.15, 0.2) is 44.4 Å². The molecule has 2 heterocycles. The molecule has 3 rings (SSSR count). The maximum Gasteiger partial charge on any atom is 0.233 e. The molecular weight excluding hydrogens is 495 g/mol. The lowest BCUT2D eigenvalue weighted by atomic mass is 10.2. The van der Waals surface area contributed by atoms with Crippen molar-refractivity contribution in [1.29, 1.82) is 0 Å². The summed E-state index contributed by atoms with van der Waals surface area (Å²) in [5.74, 6) is 1.04. The number of aryl methyl sites for hydroxylation is 1. The second-order valence-electron chi connectivity index (χ2n) is 5.93. The topological polar surface area (TPSA) is 50.6 Å². The van der Waals surface area contributed by atoms with Crippen LogP contribution in [0.5, 0.6) is 11.6 Å². The van der Waals surface area contributed by atoms with Crippen molar-refractivity contribution < 1.29 is 4.74 Å². The maximum absolute atomic E-state index is 6.35. The van der Waals surface area contributed by atoms with Crippen LogP contribution in [0.1, 0.15) is 12.6 Å². The van der Waals surface area contributed by atoms with E-state index in [0.717, 1.165) is 33.3 Å². The Kier molecular flexibility index (Phi) is 6.34. The minimum Gasteiger partial charge on any atom is -0.438 e. The van der Waals surface area contributed by atoms with E-state index in [0.29, 0.717) is 21.1 Å². The molecule has 0 N–H and O–H groups in total. The molecule has 0 aliphatic carbocycles. The molecule has 0 fully saturated rings. The number of hydrogen-bond donors (Lipinski definition) is 0. The molecule has 0 spiro atoms. The first-order chi connectivity index (χ1) is 12.9. The summed E-state index contributed by atoms with van der Waals surface area (Å²) in [7, 11) is 1.97. The van der Waals surface area contributed by atoms with E-state index in [-0.39, 0.29) is 0 Å². The van der Waals surface area contributed by atoms with Gasteiger partial charge in [-0.1, -0.05) is 11.6 Å². The number of aliphatic imine (C=N–C) groups is 1. The van der Waals surface area contributed by atoms with Crippen molar-refractivity contribution in [3.05, 3.63) is 50.1 Å². The average molecular weight is 513 g/mol. The molecule has 0 saturated carbocycles. The smallest absolute Gasteiger partial charge is 0.233 e. The quantitative estimate of drug-likeness (QED) is 0.288. The second kappa shape index (κ2) is 8.54. The Labute approximate surface area is 179 Å². The Hall–Kier alpha value is -1.70. The van der Waals surface area contributed by atoms with Gasteiger partial charge in [0.15, 0.2) is 0 Å². The number of fused-ring (bicyclic) bond motifs is 1. The van der Waals surface area contributed by atoms with E-state index in [1.807, 2.05) is 37.1 Å². The second-order valence-corrected chi connectivity index (χ2v) is 8.11. The number of nitrogens with zero attached hydrogens (tertiary/aromatic N) is 4. The fraction of sp³-hybridized carbons (Fsp3) is 0.211. The van der Waals surface area contributed by atoms with Crippen molar-refractivity contribution in [2.24, 2.45) is 4.99 Å². The summed E-state index contributed by atoms with van der Waals surface area (Å²) in [6.45, 7) is 4.84. The fourth-order valence-electron chi connectivity index (χ4n) is 2.32. The molecule has 0 radical (unpaired) electrons. The van der Waals surface area contributed by atoms with Crippen molar-refractivity contribution in [3.8, 4) is 11.6 Å². The van der Waals surface area contributed by atoms with Crippen molar-refractivity contribution >= 4 is 66.4 Å². The predicted octanol–water partition coefficient (Wildman–Crippen LogP) is 6.52. The zero-order valence-corrected chi connectivity index (χ0v) is 18.9. The van der Waals surface area contributed by atoms with Crippen molar-refractivity contribution in [1.82, 2.24) is 14.9 Å². The van der Waals surface area contributed by atoms with Crippen molar-refractivity contribution in [2.45, 2.75) is 13.8 Å². The van der Waals surface area contributed by atoms with Gasteiger partial charge in [0.2, 0.25) is 5.88 Å². The molecule has 0 unspecified atom stereocenters. The summed E-state index contributed by atoms with van der Waals surface area (Å²) in [4.78, 5) is 15.3. The Balaban J connectivity index is 1.93. The Morgan fingerprint density at radius 3 is 2.78 bits per heavy atom. The average Bonchev–Trinajstić information content (AvgIpc) is 2.62. The summed E-state index contributed by atoms with van der Waals surface area (Å²) < 4.78 is 7.56. The lowest BCUT2D eigenvalue weighted by Gasteiger charge is -2.12. The number of halogens is 3. The van der Waals surface area contributed by atoms with E-state index in [2.05, 4.69) is 53.7 Å². The lowest BCUT2D eigenvalue weighted by molar-refractivity contribution is 0.459. The number of aromatic nitrogens is 2. The van der Waals surface area contributed by atoms with Crippen LogP contribution < -0.4 is 4.74 Å². The number of rotatable bonds is 5. The van der Waals surface area contributed by atoms with Gasteiger partial charge < -0.3 is 9.64 Å². The molecule has 27 heavy (non-hydrogen) atoms. The van der Waals surface area contributed by atoms with Gasteiger partial charge in [-0.15, -0.1) is 0 Å². The highest BCUT2D eigenvalue weighted by Crippen LogP contribution is 2.35. The largest absolute Gasteiger partial charge is 0.438 e. The molecule has 8 heteroatoms. The molecule has 0 aliphatic rings. The van der Waals surface area contributed by atoms with Gasteiger partial charge in [0.05, 0.1) is 32.7 Å². The Morgan fingerprint density at radius 2 is 2.04 bits per heavy atom. The minimum atomic E-state index is 0.452. The molecule has 0 aliphatic heterocycles. The van der Waals surface area contributed by atoms with Crippen LogP contribution in [0, 0.1) is 6.92 Å². The first-order valence-electron chi connectivity index (χ1n) is 8.21. The molecule has 0 atom stereocenters. The maximum atomic E-state index is 6.35. The summed E-state index contributed by atoms with van der Waals surface area (Å²) in [6.07, 6.45) is 3.50. The van der Waals surface area contributed by atoms with Gasteiger partial charge >= 0.3 is 0 Å². The predicted molar refractivity (Wildman–Crippen MR) is 118 cm³/mol. The molecule has 1 aromatic carbocycles. The highest BCUT2D eigenvalue weighted by molar-refractivity contribution is 9.10. The van der Waals surface area contributed by atoms with Crippen LogP contribution >= 0.6 is 43.5 Å². The van der Waals surface area contributed by atoms with Crippen LogP contribution in [0.2, 0.25) is 5.02 Å². The van der Waals surface area contributed by atoms with Crippen molar-refractivity contribution in [3.63, 3.8) is 0 Å². The number of pyridine rings is 2. The Morgan fingerprint density at radius 1 is 1.26 bits per heavy atom. The van der Waals surface area contributed by atoms with Gasteiger partial charge in [-0.3, -0.25) is 4.98 Å². The van der Waals surface area contributed by atoms with Crippen LogP contribution in [-0.4, -0.2) is 34.8 Å². The Bertz CT molecular complexity index is 1030. The fourth-order valence-corrected chi connectivity index (χ4v) is 3.32. The minimum absolute atomic E-state index is 0.452.